The van der Waals surface area contributed by atoms with E-state index in [2.05, 4.69) is 10.6 Å². The molecule has 2 aliphatic rings. The van der Waals surface area contributed by atoms with Crippen LogP contribution in [0.5, 0.6) is 0 Å². The summed E-state index contributed by atoms with van der Waals surface area (Å²) >= 11 is 0. The Labute approximate surface area is 262 Å². The normalized spacial score (nSPS) is 17.8. The summed E-state index contributed by atoms with van der Waals surface area (Å²) in [6, 6.07) is 16.4. The monoisotopic (exact) mass is 655 g/mol. The molecule has 1 aromatic heterocycles. The van der Waals surface area contributed by atoms with E-state index in [1.807, 2.05) is 11.8 Å². The van der Waals surface area contributed by atoms with Crippen LogP contribution in [0.2, 0.25) is 0 Å². The molecule has 3 aromatic carbocycles. The van der Waals surface area contributed by atoms with Gasteiger partial charge in [0.15, 0.2) is 15.7 Å². The lowest BCUT2D eigenvalue weighted by Crippen LogP contribution is -2.44. The number of aromatic nitrogens is 2. The van der Waals surface area contributed by atoms with Gasteiger partial charge in [0.1, 0.15) is 16.4 Å². The fourth-order valence-corrected chi connectivity index (χ4v) is 7.33. The van der Waals surface area contributed by atoms with Gasteiger partial charge < -0.3 is 20.3 Å². The Balaban J connectivity index is 1.27. The molecule has 2 N–H and O–H groups in total. The number of sulfone groups is 1. The van der Waals surface area contributed by atoms with Crippen LogP contribution in [0.1, 0.15) is 31.0 Å². The van der Waals surface area contributed by atoms with Gasteiger partial charge in [-0.05, 0) is 92.6 Å². The van der Waals surface area contributed by atoms with Crippen LogP contribution in [0.4, 0.5) is 39.5 Å². The molecule has 14 heteroatoms. The third kappa shape index (κ3) is 6.27. The number of hydrogen-bond donors (Lipinski definition) is 2. The second-order valence-electron chi connectivity index (χ2n) is 11.2. The summed E-state index contributed by atoms with van der Waals surface area (Å²) in [5.41, 5.74) is 0.652. The molecule has 0 radical (unpaired) electrons. The lowest BCUT2D eigenvalue weighted by atomic mass is 10.1. The van der Waals surface area contributed by atoms with Gasteiger partial charge in [-0.15, -0.1) is 0 Å². The molecule has 0 unspecified atom stereocenters. The van der Waals surface area contributed by atoms with Gasteiger partial charge in [0.05, 0.1) is 35.4 Å². The molecule has 1 saturated carbocycles. The van der Waals surface area contributed by atoms with Gasteiger partial charge in [-0.2, -0.15) is 13.2 Å². The van der Waals surface area contributed by atoms with E-state index in [1.165, 1.54) is 12.1 Å². The molecule has 0 spiro atoms. The third-order valence-corrected chi connectivity index (χ3v) is 10.6. The molecule has 2 amide bonds. The Bertz CT molecular complexity index is 1850. The number of ether oxygens (including phenoxy) is 1. The zero-order valence-electron chi connectivity index (χ0n) is 24.5. The van der Waals surface area contributed by atoms with Crippen LogP contribution in [0.3, 0.4) is 0 Å². The van der Waals surface area contributed by atoms with Crippen molar-refractivity contribution in [2.24, 2.45) is 0 Å². The Morgan fingerprint density at radius 2 is 1.54 bits per heavy atom. The van der Waals surface area contributed by atoms with Gasteiger partial charge in [0.25, 0.3) is 0 Å². The molecule has 46 heavy (non-hydrogen) atoms. The van der Waals surface area contributed by atoms with E-state index in [0.717, 1.165) is 36.4 Å². The summed E-state index contributed by atoms with van der Waals surface area (Å²) in [6.45, 7) is 3.49. The standard InChI is InChI=1S/C32H29F4N5O4S/c1-20-19-45-17-16-41(20)28-18-27(31(14-15-31)46(43,44)26-12-6-23(33)7-13-26)39-29(40-28)21-2-8-24(9-3-21)37-30(42)38-25-10-4-22(5-11-25)32(34,35)36/h2-13,18,20H,14-17,19H2,1H3,(H2,37,38,42)/t20-/m0/s1. The highest BCUT2D eigenvalue weighted by molar-refractivity contribution is 7.92. The van der Waals surface area contributed by atoms with Crippen molar-refractivity contribution in [1.29, 1.82) is 0 Å². The van der Waals surface area contributed by atoms with Crippen LogP contribution in [0, 0.1) is 5.82 Å². The lowest BCUT2D eigenvalue weighted by molar-refractivity contribution is -0.137. The Morgan fingerprint density at radius 1 is 0.935 bits per heavy atom. The van der Waals surface area contributed by atoms with Crippen LogP contribution in [0.25, 0.3) is 11.4 Å². The number of alkyl halides is 3. The molecule has 6 rings (SSSR count). The Kier molecular flexibility index (Phi) is 8.19. The first-order valence-corrected chi connectivity index (χ1v) is 15.9. The van der Waals surface area contributed by atoms with E-state index in [9.17, 15) is 30.8 Å². The average Bonchev–Trinajstić information content (AvgIpc) is 3.85. The van der Waals surface area contributed by atoms with Crippen molar-refractivity contribution >= 4 is 33.1 Å². The molecule has 9 nitrogen and oxygen atoms in total. The smallest absolute Gasteiger partial charge is 0.377 e. The zero-order valence-corrected chi connectivity index (χ0v) is 25.3. The third-order valence-electron chi connectivity index (χ3n) is 8.05. The number of carbonyl (C=O) groups is 1. The number of morpholine rings is 1. The zero-order chi connectivity index (χ0) is 32.7. The maximum Gasteiger partial charge on any atom is 0.416 e. The second-order valence-corrected chi connectivity index (χ2v) is 13.5. The van der Waals surface area contributed by atoms with Gasteiger partial charge in [-0.25, -0.2) is 27.6 Å². The number of benzene rings is 3. The van der Waals surface area contributed by atoms with Crippen molar-refractivity contribution in [1.82, 2.24) is 9.97 Å². The van der Waals surface area contributed by atoms with Crippen LogP contribution in [-0.4, -0.2) is 50.2 Å². The van der Waals surface area contributed by atoms with Crippen molar-refractivity contribution in [2.45, 2.75) is 41.6 Å². The number of anilines is 3. The molecule has 2 fully saturated rings. The summed E-state index contributed by atoms with van der Waals surface area (Å²) in [5, 5.41) is 5.12. The molecular weight excluding hydrogens is 626 g/mol. The molecule has 1 atom stereocenters. The molecule has 1 aliphatic heterocycles. The van der Waals surface area contributed by atoms with Crippen LogP contribution >= 0.6 is 0 Å². The van der Waals surface area contributed by atoms with Crippen molar-refractivity contribution in [3.63, 3.8) is 0 Å². The van der Waals surface area contributed by atoms with Crippen molar-refractivity contribution in [3.8, 4) is 11.4 Å². The maximum atomic E-state index is 13.9. The minimum Gasteiger partial charge on any atom is -0.377 e. The fraction of sp³-hybridized carbons (Fsp3) is 0.281. The largest absolute Gasteiger partial charge is 0.416 e. The predicted octanol–water partition coefficient (Wildman–Crippen LogP) is 6.63. The van der Waals surface area contributed by atoms with E-state index < -0.39 is 38.2 Å². The minimum absolute atomic E-state index is 0.0119. The highest BCUT2D eigenvalue weighted by Crippen LogP contribution is 2.55. The molecule has 2 heterocycles. The fourth-order valence-electron chi connectivity index (χ4n) is 5.37. The Morgan fingerprint density at radius 3 is 2.11 bits per heavy atom. The summed E-state index contributed by atoms with van der Waals surface area (Å²) in [7, 11) is -3.92. The van der Waals surface area contributed by atoms with Crippen molar-refractivity contribution in [2.75, 3.05) is 35.3 Å². The summed E-state index contributed by atoms with van der Waals surface area (Å²) < 4.78 is 84.1. The first-order chi connectivity index (χ1) is 21.9. The number of urea groups is 1. The number of rotatable bonds is 7. The summed E-state index contributed by atoms with van der Waals surface area (Å²) in [6.07, 6.45) is -3.79. The summed E-state index contributed by atoms with van der Waals surface area (Å²) in [4.78, 5) is 24.1. The van der Waals surface area contributed by atoms with E-state index in [1.54, 1.807) is 30.3 Å². The molecule has 1 aliphatic carbocycles. The number of halogens is 4. The topological polar surface area (TPSA) is 114 Å². The molecule has 4 aromatic rings. The Hall–Kier alpha value is -4.56. The van der Waals surface area contributed by atoms with Crippen LogP contribution in [-0.2, 0) is 25.5 Å². The van der Waals surface area contributed by atoms with Crippen molar-refractivity contribution < 1.29 is 35.5 Å². The quantitative estimate of drug-likeness (QED) is 0.170. The number of carbonyl (C=O) groups excluding carboxylic acids is 1. The maximum absolute atomic E-state index is 13.9. The highest BCUT2D eigenvalue weighted by Gasteiger charge is 2.58. The van der Waals surface area contributed by atoms with E-state index in [-0.39, 0.29) is 22.4 Å². The average molecular weight is 656 g/mol. The lowest BCUT2D eigenvalue weighted by Gasteiger charge is -2.34. The number of amides is 2. The molecular formula is C32H29F4N5O4S. The van der Waals surface area contributed by atoms with Gasteiger partial charge in [-0.1, -0.05) is 0 Å². The SMILES string of the molecule is C[C@H]1COCCN1c1cc(C2(S(=O)(=O)c3ccc(F)cc3)CC2)nc(-c2ccc(NC(=O)Nc3ccc(C(F)(F)F)cc3)cc2)n1. The van der Waals surface area contributed by atoms with Gasteiger partial charge in [-0.3, -0.25) is 0 Å². The summed E-state index contributed by atoms with van der Waals surface area (Å²) in [5.74, 6) is 0.300. The predicted molar refractivity (Wildman–Crippen MR) is 164 cm³/mol. The van der Waals surface area contributed by atoms with Gasteiger partial charge in [0.2, 0.25) is 0 Å². The molecule has 0 bridgehead atoms. The van der Waals surface area contributed by atoms with Gasteiger partial charge >= 0.3 is 12.2 Å². The first kappa shape index (κ1) is 31.4. The van der Waals surface area contributed by atoms with Crippen molar-refractivity contribution in [3.05, 3.63) is 95.9 Å². The van der Waals surface area contributed by atoms with Gasteiger partial charge in [0, 0.05) is 29.5 Å². The van der Waals surface area contributed by atoms with E-state index in [0.29, 0.717) is 55.4 Å². The van der Waals surface area contributed by atoms with E-state index in [4.69, 9.17) is 14.7 Å². The first-order valence-electron chi connectivity index (χ1n) is 14.5. The van der Waals surface area contributed by atoms with Crippen LogP contribution < -0.4 is 15.5 Å². The molecule has 240 valence electrons. The molecule has 1 saturated heterocycles. The second kappa shape index (κ2) is 12.0. The number of hydrogen-bond acceptors (Lipinski definition) is 7. The number of nitrogens with one attached hydrogen (secondary N) is 2. The van der Waals surface area contributed by atoms with Crippen LogP contribution in [0.15, 0.2) is 83.8 Å². The van der Waals surface area contributed by atoms with E-state index >= 15 is 0 Å². The highest BCUT2D eigenvalue weighted by atomic mass is 32.2. The minimum atomic E-state index is -4.48. The number of nitrogens with zero attached hydrogens (tertiary/aromatic N) is 3.